The molecule has 0 bridgehead atoms. The van der Waals surface area contributed by atoms with E-state index in [2.05, 4.69) is 25.6 Å². The van der Waals surface area contributed by atoms with Crippen molar-refractivity contribution in [3.63, 3.8) is 0 Å². The highest BCUT2D eigenvalue weighted by atomic mass is 19.1. The third-order valence-electron chi connectivity index (χ3n) is 5.31. The Balaban J connectivity index is 1.51. The average Bonchev–Trinajstić information content (AvgIpc) is 3.16. The molecular formula is C19H21FN6O3. The molecule has 2 heterocycles. The predicted molar refractivity (Wildman–Crippen MR) is 103 cm³/mol. The fourth-order valence-electron chi connectivity index (χ4n) is 3.75. The molecule has 0 spiro atoms. The fourth-order valence-corrected chi connectivity index (χ4v) is 3.75. The third-order valence-corrected chi connectivity index (χ3v) is 5.31. The van der Waals surface area contributed by atoms with E-state index in [9.17, 15) is 19.4 Å². The lowest BCUT2D eigenvalue weighted by molar-refractivity contribution is -0.0552. The number of imidazole rings is 1. The minimum atomic E-state index is -1.18. The van der Waals surface area contributed by atoms with Crippen LogP contribution in [0, 0.1) is 5.82 Å². The smallest absolute Gasteiger partial charge is 0.251 e. The van der Waals surface area contributed by atoms with Gasteiger partial charge in [0, 0.05) is 12.6 Å². The summed E-state index contributed by atoms with van der Waals surface area (Å²) in [7, 11) is 1.73. The van der Waals surface area contributed by atoms with Crippen LogP contribution in [0.2, 0.25) is 0 Å². The van der Waals surface area contributed by atoms with E-state index in [1.807, 2.05) is 0 Å². The van der Waals surface area contributed by atoms with Crippen LogP contribution < -0.4 is 10.6 Å². The molecule has 4 N–H and O–H groups in total. The summed E-state index contributed by atoms with van der Waals surface area (Å²) in [6, 6.07) is 4.06. The Bertz CT molecular complexity index is 1020. The number of rotatable bonds is 4. The van der Waals surface area contributed by atoms with Gasteiger partial charge in [-0.3, -0.25) is 4.79 Å². The van der Waals surface area contributed by atoms with Crippen molar-refractivity contribution in [2.75, 3.05) is 12.4 Å². The van der Waals surface area contributed by atoms with Gasteiger partial charge in [-0.2, -0.15) is 0 Å². The summed E-state index contributed by atoms with van der Waals surface area (Å²) in [5.74, 6) is -0.293. The molecule has 2 aromatic heterocycles. The molecule has 0 saturated heterocycles. The molecule has 9 nitrogen and oxygen atoms in total. The van der Waals surface area contributed by atoms with E-state index in [4.69, 9.17) is 0 Å². The molecule has 4 atom stereocenters. The van der Waals surface area contributed by atoms with Crippen LogP contribution in [-0.4, -0.2) is 60.9 Å². The molecule has 3 aromatic rings. The zero-order valence-electron chi connectivity index (χ0n) is 15.7. The lowest BCUT2D eigenvalue weighted by atomic mass is 9.85. The van der Waals surface area contributed by atoms with E-state index in [-0.39, 0.29) is 5.56 Å². The van der Waals surface area contributed by atoms with Crippen LogP contribution in [0.5, 0.6) is 0 Å². The number of amides is 1. The quantitative estimate of drug-likeness (QED) is 0.512. The fraction of sp³-hybridized carbons (Fsp3) is 0.368. The van der Waals surface area contributed by atoms with E-state index in [0.29, 0.717) is 29.8 Å². The highest BCUT2D eigenvalue weighted by molar-refractivity contribution is 5.94. The number of hydrogen-bond acceptors (Lipinski definition) is 7. The molecule has 1 saturated carbocycles. The van der Waals surface area contributed by atoms with Crippen molar-refractivity contribution >= 4 is 22.9 Å². The van der Waals surface area contributed by atoms with Gasteiger partial charge in [0.15, 0.2) is 11.5 Å². The van der Waals surface area contributed by atoms with Crippen LogP contribution in [0.3, 0.4) is 0 Å². The van der Waals surface area contributed by atoms with Gasteiger partial charge in [-0.1, -0.05) is 0 Å². The predicted octanol–water partition coefficient (Wildman–Crippen LogP) is 0.862. The summed E-state index contributed by atoms with van der Waals surface area (Å²) < 4.78 is 14.8. The van der Waals surface area contributed by atoms with Crippen molar-refractivity contribution < 1.29 is 19.4 Å². The van der Waals surface area contributed by atoms with Crippen molar-refractivity contribution in [3.05, 3.63) is 48.3 Å². The van der Waals surface area contributed by atoms with Crippen molar-refractivity contribution in [3.8, 4) is 0 Å². The Labute approximate surface area is 165 Å². The number of fused-ring (bicyclic) bond motifs is 1. The highest BCUT2D eigenvalue weighted by Gasteiger charge is 2.39. The maximum absolute atomic E-state index is 13.0. The van der Waals surface area contributed by atoms with Gasteiger partial charge in [-0.25, -0.2) is 19.3 Å². The molecule has 1 amide bonds. The first-order chi connectivity index (χ1) is 14.0. The van der Waals surface area contributed by atoms with Gasteiger partial charge in [0.05, 0.1) is 18.4 Å². The average molecular weight is 400 g/mol. The Morgan fingerprint density at radius 3 is 2.62 bits per heavy atom. The maximum Gasteiger partial charge on any atom is 0.251 e. The molecule has 29 heavy (non-hydrogen) atoms. The molecule has 1 aliphatic carbocycles. The zero-order chi connectivity index (χ0) is 20.5. The number of carbonyl (C=O) groups is 1. The van der Waals surface area contributed by atoms with Gasteiger partial charge in [0.1, 0.15) is 29.9 Å². The number of carbonyl (C=O) groups excluding carboxylic acids is 1. The van der Waals surface area contributed by atoms with E-state index in [0.717, 1.165) is 0 Å². The number of aliphatic hydroxyl groups is 2. The van der Waals surface area contributed by atoms with Gasteiger partial charge in [-0.15, -0.1) is 0 Å². The van der Waals surface area contributed by atoms with Gasteiger partial charge in [0.2, 0.25) is 0 Å². The summed E-state index contributed by atoms with van der Waals surface area (Å²) in [4.78, 5) is 25.1. The number of hydrogen-bond donors (Lipinski definition) is 4. The van der Waals surface area contributed by atoms with Gasteiger partial charge < -0.3 is 25.4 Å². The molecule has 1 aliphatic rings. The van der Waals surface area contributed by atoms with Crippen LogP contribution in [0.25, 0.3) is 11.2 Å². The van der Waals surface area contributed by atoms with Crippen LogP contribution in [0.4, 0.5) is 10.2 Å². The van der Waals surface area contributed by atoms with Crippen LogP contribution in [0.1, 0.15) is 29.2 Å². The van der Waals surface area contributed by atoms with Crippen molar-refractivity contribution in [1.82, 2.24) is 24.8 Å². The topological polar surface area (TPSA) is 125 Å². The second-order valence-electron chi connectivity index (χ2n) is 7.01. The summed E-state index contributed by atoms with van der Waals surface area (Å²) in [5.41, 5.74) is 1.41. The molecule has 1 aromatic carbocycles. The number of anilines is 1. The van der Waals surface area contributed by atoms with Gasteiger partial charge in [0.25, 0.3) is 5.91 Å². The summed E-state index contributed by atoms with van der Waals surface area (Å²) >= 11 is 0. The first kappa shape index (κ1) is 19.2. The minimum absolute atomic E-state index is 0.284. The lowest BCUT2D eigenvalue weighted by Crippen LogP contribution is -2.54. The Hall–Kier alpha value is -3.11. The van der Waals surface area contributed by atoms with Crippen molar-refractivity contribution in [2.45, 2.75) is 37.1 Å². The molecule has 0 radical (unpaired) electrons. The Kier molecular flexibility index (Phi) is 5.12. The van der Waals surface area contributed by atoms with Gasteiger partial charge in [-0.05, 0) is 37.1 Å². The summed E-state index contributed by atoms with van der Waals surface area (Å²) in [6.07, 6.45) is 1.60. The lowest BCUT2D eigenvalue weighted by Gasteiger charge is -2.38. The number of aromatic nitrogens is 4. The summed E-state index contributed by atoms with van der Waals surface area (Å²) in [6.45, 7) is 0. The first-order valence-corrected chi connectivity index (χ1v) is 9.27. The molecule has 0 unspecified atom stereocenters. The second-order valence-corrected chi connectivity index (χ2v) is 7.01. The molecule has 4 rings (SSSR count). The minimum Gasteiger partial charge on any atom is -0.388 e. The highest BCUT2D eigenvalue weighted by Crippen LogP contribution is 2.32. The van der Waals surface area contributed by atoms with Crippen LogP contribution >= 0.6 is 0 Å². The molecule has 152 valence electrons. The normalized spacial score (nSPS) is 24.4. The number of benzene rings is 1. The number of halogens is 1. The molecule has 1 fully saturated rings. The molecular weight excluding hydrogens is 379 g/mol. The Morgan fingerprint density at radius 1 is 1.14 bits per heavy atom. The van der Waals surface area contributed by atoms with Crippen molar-refractivity contribution in [1.29, 1.82) is 0 Å². The van der Waals surface area contributed by atoms with E-state index < -0.39 is 36.0 Å². The Morgan fingerprint density at radius 2 is 1.90 bits per heavy atom. The standard InChI is InChI=1S/C19H21FN6O3/c1-21-17-14-18(23-8-22-17)26(9-24-14)13-7-6-12(15(27)16(13)28)25-19(29)10-2-4-11(20)5-3-10/h2-5,8-9,12-13,15-16,27-28H,6-7H2,1H3,(H,25,29)(H,21,22,23)/t12-,13-,15-,16-/m1/s1. The zero-order valence-corrected chi connectivity index (χ0v) is 15.7. The molecule has 10 heteroatoms. The number of aliphatic hydroxyl groups excluding tert-OH is 2. The molecule has 0 aliphatic heterocycles. The monoisotopic (exact) mass is 400 g/mol. The third kappa shape index (κ3) is 3.52. The number of nitrogens with one attached hydrogen (secondary N) is 2. The van der Waals surface area contributed by atoms with E-state index in [1.165, 1.54) is 30.6 Å². The SMILES string of the molecule is CNc1ncnc2c1ncn2[C@@H]1CC[C@@H](NC(=O)c2ccc(F)cc2)[C@@H](O)[C@@H]1O. The largest absolute Gasteiger partial charge is 0.388 e. The van der Waals surface area contributed by atoms with Crippen LogP contribution in [-0.2, 0) is 0 Å². The van der Waals surface area contributed by atoms with Gasteiger partial charge >= 0.3 is 0 Å². The summed E-state index contributed by atoms with van der Waals surface area (Å²) in [5, 5.41) is 27.0. The van der Waals surface area contributed by atoms with Crippen molar-refractivity contribution in [2.24, 2.45) is 0 Å². The maximum atomic E-state index is 13.0. The van der Waals surface area contributed by atoms with E-state index >= 15 is 0 Å². The van der Waals surface area contributed by atoms with E-state index in [1.54, 1.807) is 17.9 Å². The van der Waals surface area contributed by atoms with Crippen LogP contribution in [0.15, 0.2) is 36.9 Å². The number of nitrogens with zero attached hydrogens (tertiary/aromatic N) is 4. The first-order valence-electron chi connectivity index (χ1n) is 9.27. The second kappa shape index (κ2) is 7.72.